The number of nitrogens with zero attached hydrogens (tertiary/aromatic N) is 4. The van der Waals surface area contributed by atoms with Crippen LogP contribution in [0.15, 0.2) is 12.3 Å². The van der Waals surface area contributed by atoms with E-state index in [1.165, 1.54) is 14.5 Å². The van der Waals surface area contributed by atoms with Gasteiger partial charge >= 0.3 is 0 Å². The molecule has 0 bridgehead atoms. The van der Waals surface area contributed by atoms with Crippen molar-refractivity contribution in [3.8, 4) is 0 Å². The molecule has 0 spiro atoms. The highest BCUT2D eigenvalue weighted by Crippen LogP contribution is 1.99. The van der Waals surface area contributed by atoms with E-state index in [1.807, 2.05) is 6.92 Å². The van der Waals surface area contributed by atoms with E-state index in [4.69, 9.17) is 5.73 Å². The van der Waals surface area contributed by atoms with E-state index in [9.17, 15) is 9.59 Å². The average Bonchev–Trinajstić information content (AvgIpc) is 2.70. The SMILES string of the molecule is CCN(CC(=O)N(C)C)C(=O)Cn1ccc(N)n1. The summed E-state index contributed by atoms with van der Waals surface area (Å²) in [6.45, 7) is 2.48. The van der Waals surface area contributed by atoms with Gasteiger partial charge in [0.2, 0.25) is 11.8 Å². The second kappa shape index (κ2) is 6.04. The molecule has 0 saturated heterocycles. The minimum absolute atomic E-state index is 0.0824. The fourth-order valence-corrected chi connectivity index (χ4v) is 1.39. The van der Waals surface area contributed by atoms with Crippen molar-refractivity contribution in [3.05, 3.63) is 12.3 Å². The van der Waals surface area contributed by atoms with Crippen LogP contribution < -0.4 is 5.73 Å². The molecular formula is C11H19N5O2. The number of rotatable bonds is 5. The number of carbonyl (C=O) groups excluding carboxylic acids is 2. The monoisotopic (exact) mass is 253 g/mol. The Balaban J connectivity index is 2.59. The fraction of sp³-hybridized carbons (Fsp3) is 0.545. The molecule has 18 heavy (non-hydrogen) atoms. The van der Waals surface area contributed by atoms with Crippen molar-refractivity contribution < 1.29 is 9.59 Å². The average molecular weight is 253 g/mol. The summed E-state index contributed by atoms with van der Waals surface area (Å²) in [5.41, 5.74) is 5.47. The minimum atomic E-state index is -0.157. The van der Waals surface area contributed by atoms with E-state index in [0.29, 0.717) is 12.4 Å². The topological polar surface area (TPSA) is 84.5 Å². The first-order valence-corrected chi connectivity index (χ1v) is 5.71. The van der Waals surface area contributed by atoms with Gasteiger partial charge < -0.3 is 15.5 Å². The van der Waals surface area contributed by atoms with Crippen molar-refractivity contribution in [1.82, 2.24) is 19.6 Å². The Labute approximate surface area is 106 Å². The van der Waals surface area contributed by atoms with Gasteiger partial charge in [-0.1, -0.05) is 0 Å². The zero-order valence-electron chi connectivity index (χ0n) is 11.0. The second-order valence-electron chi connectivity index (χ2n) is 4.13. The molecule has 0 radical (unpaired) electrons. The molecule has 0 saturated carbocycles. The summed E-state index contributed by atoms with van der Waals surface area (Å²) in [7, 11) is 3.32. The van der Waals surface area contributed by atoms with E-state index in [-0.39, 0.29) is 24.9 Å². The molecule has 0 aliphatic carbocycles. The number of hydrogen-bond donors (Lipinski definition) is 1. The van der Waals surface area contributed by atoms with Gasteiger partial charge in [-0.05, 0) is 13.0 Å². The van der Waals surface area contributed by atoms with E-state index >= 15 is 0 Å². The Bertz CT molecular complexity index is 427. The summed E-state index contributed by atoms with van der Waals surface area (Å²) < 4.78 is 1.46. The first kappa shape index (κ1) is 14.0. The Hall–Kier alpha value is -2.05. The molecule has 1 aromatic heterocycles. The molecular weight excluding hydrogens is 234 g/mol. The van der Waals surface area contributed by atoms with E-state index < -0.39 is 0 Å². The zero-order chi connectivity index (χ0) is 13.7. The van der Waals surface area contributed by atoms with Crippen molar-refractivity contribution in [3.63, 3.8) is 0 Å². The molecule has 1 rings (SSSR count). The van der Waals surface area contributed by atoms with Crippen LogP contribution in [0, 0.1) is 0 Å². The molecule has 0 aromatic carbocycles. The summed E-state index contributed by atoms with van der Waals surface area (Å²) in [5.74, 6) is 0.108. The second-order valence-corrected chi connectivity index (χ2v) is 4.13. The number of anilines is 1. The summed E-state index contributed by atoms with van der Waals surface area (Å²) in [5, 5.41) is 3.93. The third kappa shape index (κ3) is 3.76. The highest BCUT2D eigenvalue weighted by Gasteiger charge is 2.17. The quantitative estimate of drug-likeness (QED) is 0.759. The minimum Gasteiger partial charge on any atom is -0.382 e. The molecule has 1 heterocycles. The van der Waals surface area contributed by atoms with Crippen LogP contribution in [0.1, 0.15) is 6.92 Å². The molecule has 0 aliphatic rings. The van der Waals surface area contributed by atoms with Crippen molar-refractivity contribution in [2.45, 2.75) is 13.5 Å². The van der Waals surface area contributed by atoms with Crippen molar-refractivity contribution in [2.75, 3.05) is 32.9 Å². The first-order chi connectivity index (χ1) is 8.43. The first-order valence-electron chi connectivity index (χ1n) is 5.71. The lowest BCUT2D eigenvalue weighted by Gasteiger charge is -2.22. The van der Waals surface area contributed by atoms with E-state index in [2.05, 4.69) is 5.10 Å². The van der Waals surface area contributed by atoms with Crippen molar-refractivity contribution in [1.29, 1.82) is 0 Å². The lowest BCUT2D eigenvalue weighted by molar-refractivity contribution is -0.139. The number of nitrogens with two attached hydrogens (primary N) is 1. The maximum absolute atomic E-state index is 12.0. The fourth-order valence-electron chi connectivity index (χ4n) is 1.39. The summed E-state index contributed by atoms with van der Waals surface area (Å²) in [6, 6.07) is 1.62. The molecule has 1 aromatic rings. The number of nitrogen functional groups attached to an aromatic ring is 1. The van der Waals surface area contributed by atoms with Crippen LogP contribution in [0.3, 0.4) is 0 Å². The molecule has 0 aliphatic heterocycles. The van der Waals surface area contributed by atoms with Gasteiger partial charge in [-0.2, -0.15) is 5.10 Å². The normalized spacial score (nSPS) is 10.2. The molecule has 0 unspecified atom stereocenters. The predicted octanol–water partition coefficient (Wildman–Crippen LogP) is -0.598. The van der Waals surface area contributed by atoms with Gasteiger partial charge in [0.05, 0.1) is 6.54 Å². The summed E-state index contributed by atoms with van der Waals surface area (Å²) in [4.78, 5) is 26.5. The third-order valence-electron chi connectivity index (χ3n) is 2.52. The van der Waals surface area contributed by atoms with Crippen LogP contribution in [0.4, 0.5) is 5.82 Å². The van der Waals surface area contributed by atoms with Gasteiger partial charge in [0.15, 0.2) is 0 Å². The van der Waals surface area contributed by atoms with Gasteiger partial charge in [-0.3, -0.25) is 14.3 Å². The highest BCUT2D eigenvalue weighted by atomic mass is 16.2. The van der Waals surface area contributed by atoms with Gasteiger partial charge in [-0.15, -0.1) is 0 Å². The number of carbonyl (C=O) groups is 2. The lowest BCUT2D eigenvalue weighted by atomic mass is 10.4. The van der Waals surface area contributed by atoms with Gasteiger partial charge in [0.1, 0.15) is 12.4 Å². The zero-order valence-corrected chi connectivity index (χ0v) is 11.0. The van der Waals surface area contributed by atoms with Crippen LogP contribution in [-0.4, -0.2) is 58.6 Å². The molecule has 7 heteroatoms. The Morgan fingerprint density at radius 2 is 2.06 bits per heavy atom. The largest absolute Gasteiger partial charge is 0.382 e. The van der Waals surface area contributed by atoms with Crippen LogP contribution in [-0.2, 0) is 16.1 Å². The molecule has 7 nitrogen and oxygen atoms in total. The maximum Gasteiger partial charge on any atom is 0.244 e. The number of amides is 2. The van der Waals surface area contributed by atoms with Crippen LogP contribution in [0.5, 0.6) is 0 Å². The molecule has 2 amide bonds. The lowest BCUT2D eigenvalue weighted by Crippen LogP contribution is -2.41. The predicted molar refractivity (Wildman–Crippen MR) is 67.6 cm³/mol. The van der Waals surface area contributed by atoms with Gasteiger partial charge in [0.25, 0.3) is 0 Å². The van der Waals surface area contributed by atoms with Crippen LogP contribution >= 0.6 is 0 Å². The van der Waals surface area contributed by atoms with Crippen molar-refractivity contribution >= 4 is 17.6 Å². The molecule has 2 N–H and O–H groups in total. The van der Waals surface area contributed by atoms with Crippen molar-refractivity contribution in [2.24, 2.45) is 0 Å². The van der Waals surface area contributed by atoms with Gasteiger partial charge in [0, 0.05) is 26.8 Å². The van der Waals surface area contributed by atoms with Crippen LogP contribution in [0.2, 0.25) is 0 Å². The molecule has 0 fully saturated rings. The highest BCUT2D eigenvalue weighted by molar-refractivity contribution is 5.84. The maximum atomic E-state index is 12.0. The molecule has 100 valence electrons. The van der Waals surface area contributed by atoms with E-state index in [0.717, 1.165) is 0 Å². The number of hydrogen-bond acceptors (Lipinski definition) is 4. The Kier molecular flexibility index (Phi) is 4.70. The Morgan fingerprint density at radius 3 is 2.50 bits per heavy atom. The third-order valence-corrected chi connectivity index (χ3v) is 2.52. The van der Waals surface area contributed by atoms with Gasteiger partial charge in [-0.25, -0.2) is 0 Å². The summed E-state index contributed by atoms with van der Waals surface area (Å²) >= 11 is 0. The molecule has 0 atom stereocenters. The van der Waals surface area contributed by atoms with Crippen LogP contribution in [0.25, 0.3) is 0 Å². The standard InChI is InChI=1S/C11H19N5O2/c1-4-15(7-10(17)14(2)3)11(18)8-16-6-5-9(12)13-16/h5-6H,4,7-8H2,1-3H3,(H2,12,13). The number of aromatic nitrogens is 2. The smallest absolute Gasteiger partial charge is 0.244 e. The summed E-state index contributed by atoms with van der Waals surface area (Å²) in [6.07, 6.45) is 1.63. The number of likely N-dealkylation sites (N-methyl/N-ethyl adjacent to an activating group) is 2. The van der Waals surface area contributed by atoms with E-state index in [1.54, 1.807) is 26.4 Å². The Morgan fingerprint density at radius 1 is 1.39 bits per heavy atom.